The number of carbonyl (C=O) groups is 1. The summed E-state index contributed by atoms with van der Waals surface area (Å²) in [4.78, 5) is 11.4. The predicted molar refractivity (Wildman–Crippen MR) is 232 cm³/mol. The molecule has 0 aromatic heterocycles. The van der Waals surface area contributed by atoms with Crippen molar-refractivity contribution in [3.05, 3.63) is 0 Å². The molecule has 5 rings (SSSR count). The molecule has 0 saturated carbocycles. The van der Waals surface area contributed by atoms with E-state index < -0.39 is 166 Å². The molecule has 5 aliphatic heterocycles. The summed E-state index contributed by atoms with van der Waals surface area (Å²) in [6.07, 6.45) is -32.4. The number of carbonyl (C=O) groups excluding carboxylic acids is 1. The smallest absolute Gasteiger partial charge is 0.305 e. The molecule has 24 heteroatoms. The molecule has 404 valence electrons. The summed E-state index contributed by atoms with van der Waals surface area (Å²) in [6.45, 7) is 7.01. The normalized spacial score (nSPS) is 45.8. The first-order valence-corrected chi connectivity index (χ1v) is 24.4. The topological polar surface area (TPSA) is 361 Å². The van der Waals surface area contributed by atoms with Gasteiger partial charge >= 0.3 is 5.97 Å². The van der Waals surface area contributed by atoms with Crippen LogP contribution in [-0.2, 0) is 56.9 Å². The van der Waals surface area contributed by atoms with Crippen molar-refractivity contribution >= 4 is 5.97 Å². The van der Waals surface area contributed by atoms with E-state index in [4.69, 9.17) is 52.1 Å². The van der Waals surface area contributed by atoms with E-state index in [-0.39, 0.29) is 5.97 Å². The molecule has 5 heterocycles. The van der Waals surface area contributed by atoms with Crippen molar-refractivity contribution < 1.29 is 118 Å². The molecule has 0 spiro atoms. The van der Waals surface area contributed by atoms with Crippen LogP contribution in [-0.4, -0.2) is 241 Å². The van der Waals surface area contributed by atoms with E-state index in [9.17, 15) is 66.1 Å². The summed E-state index contributed by atoms with van der Waals surface area (Å²) in [5, 5.41) is 131. The fourth-order valence-corrected chi connectivity index (χ4v) is 9.17. The first-order valence-electron chi connectivity index (χ1n) is 24.4. The van der Waals surface area contributed by atoms with Gasteiger partial charge in [0.2, 0.25) is 0 Å². The monoisotopic (exact) mass is 1000 g/mol. The van der Waals surface area contributed by atoms with Gasteiger partial charge in [0.1, 0.15) is 97.7 Å². The molecule has 0 amide bonds. The number of aliphatic hydroxyl groups is 12. The summed E-state index contributed by atoms with van der Waals surface area (Å²) in [6, 6.07) is 0. The van der Waals surface area contributed by atoms with E-state index in [1.807, 2.05) is 6.92 Å². The fourth-order valence-electron chi connectivity index (χ4n) is 9.17. The molecular weight excluding hydrogens is 924 g/mol. The molecule has 0 radical (unpaired) electrons. The van der Waals surface area contributed by atoms with Crippen LogP contribution >= 0.6 is 0 Å². The second-order valence-electron chi connectivity index (χ2n) is 19.0. The van der Waals surface area contributed by atoms with Crippen LogP contribution < -0.4 is 0 Å². The van der Waals surface area contributed by atoms with E-state index in [0.29, 0.717) is 25.7 Å². The largest absolute Gasteiger partial charge is 0.469 e. The van der Waals surface area contributed by atoms with Gasteiger partial charge in [-0.25, -0.2) is 0 Å². The minimum atomic E-state index is -1.94. The highest BCUT2D eigenvalue weighted by Crippen LogP contribution is 2.37. The van der Waals surface area contributed by atoms with Gasteiger partial charge in [0.25, 0.3) is 0 Å². The van der Waals surface area contributed by atoms with Crippen molar-refractivity contribution in [1.82, 2.24) is 0 Å². The molecule has 5 saturated heterocycles. The number of ether oxygens (including phenoxy) is 11. The quantitative estimate of drug-likeness (QED) is 0.0360. The maximum Gasteiger partial charge on any atom is 0.305 e. The van der Waals surface area contributed by atoms with E-state index in [0.717, 1.165) is 44.9 Å². The van der Waals surface area contributed by atoms with Crippen molar-refractivity contribution in [2.45, 2.75) is 265 Å². The molecule has 5 aliphatic rings. The second kappa shape index (κ2) is 27.2. The molecular formula is C45H80O24. The van der Waals surface area contributed by atoms with Crippen LogP contribution in [0.3, 0.4) is 0 Å². The highest BCUT2D eigenvalue weighted by molar-refractivity contribution is 5.68. The Balaban J connectivity index is 1.44. The standard InChI is InChI=1S/C45H80O24/c1-7-15-23(16-13-11-9-8-10-12-14-17-25(46)59-6)65-44-39(34(55)29(50)22(5)64-44)68-45-40(69-43-37(58)33(54)28(49)21(4)63-43)38(67-42-36(57)32(53)27(48)20(3)62-42)30(51)24(66-45)18-60-41-35(56)31(52)26(47)19(2)61-41/h19-24,26-45,47-58H,7-18H2,1-6H3/t19-,20-,21+,22-,23+,24-,26-,27-,28+,29-,30-,31+,32+,33-,34+,35-,36-,37-,38+,39-,40-,41?,42+,43+,44+,45+/m1/s1. The molecule has 69 heavy (non-hydrogen) atoms. The van der Waals surface area contributed by atoms with Crippen LogP contribution in [0.5, 0.6) is 0 Å². The molecule has 0 bridgehead atoms. The summed E-state index contributed by atoms with van der Waals surface area (Å²) < 4.78 is 65.5. The van der Waals surface area contributed by atoms with Crippen molar-refractivity contribution in [3.63, 3.8) is 0 Å². The molecule has 0 aromatic rings. The Morgan fingerprint density at radius 1 is 0.449 bits per heavy atom. The number of hydrogen-bond donors (Lipinski definition) is 12. The lowest BCUT2D eigenvalue weighted by Gasteiger charge is -2.51. The average molecular weight is 1010 g/mol. The van der Waals surface area contributed by atoms with Crippen molar-refractivity contribution in [1.29, 1.82) is 0 Å². The van der Waals surface area contributed by atoms with Crippen LogP contribution in [0.25, 0.3) is 0 Å². The zero-order valence-corrected chi connectivity index (χ0v) is 40.3. The Kier molecular flexibility index (Phi) is 23.1. The number of methoxy groups -OCH3 is 1. The molecule has 12 N–H and O–H groups in total. The van der Waals surface area contributed by atoms with Gasteiger partial charge in [-0.3, -0.25) is 4.79 Å². The summed E-state index contributed by atoms with van der Waals surface area (Å²) in [5.74, 6) is -0.227. The number of esters is 1. The van der Waals surface area contributed by atoms with Gasteiger partial charge in [0.05, 0.1) is 44.2 Å². The molecule has 5 fully saturated rings. The van der Waals surface area contributed by atoms with E-state index in [2.05, 4.69) is 0 Å². The van der Waals surface area contributed by atoms with Gasteiger partial charge in [-0.1, -0.05) is 51.9 Å². The predicted octanol–water partition coefficient (Wildman–Crippen LogP) is -2.94. The van der Waals surface area contributed by atoms with E-state index >= 15 is 0 Å². The fraction of sp³-hybridized carbons (Fsp3) is 0.978. The lowest BCUT2D eigenvalue weighted by molar-refractivity contribution is -0.411. The number of unbranched alkanes of at least 4 members (excludes halogenated alkanes) is 6. The molecule has 0 aliphatic carbocycles. The molecule has 24 nitrogen and oxygen atoms in total. The number of rotatable bonds is 23. The maximum absolute atomic E-state index is 12.1. The Morgan fingerprint density at radius 2 is 0.884 bits per heavy atom. The third-order valence-corrected chi connectivity index (χ3v) is 13.7. The van der Waals surface area contributed by atoms with Crippen LogP contribution in [0.1, 0.15) is 105 Å². The zero-order valence-electron chi connectivity index (χ0n) is 40.3. The molecule has 1 unspecified atom stereocenters. The van der Waals surface area contributed by atoms with Gasteiger partial charge in [-0.2, -0.15) is 0 Å². The van der Waals surface area contributed by atoms with Crippen LogP contribution in [0.2, 0.25) is 0 Å². The molecule has 0 aromatic carbocycles. The van der Waals surface area contributed by atoms with Gasteiger partial charge in [-0.15, -0.1) is 0 Å². The Morgan fingerprint density at radius 3 is 1.41 bits per heavy atom. The van der Waals surface area contributed by atoms with E-state index in [1.54, 1.807) is 0 Å². The molecule has 26 atom stereocenters. The Bertz CT molecular complexity index is 1500. The van der Waals surface area contributed by atoms with Gasteiger partial charge < -0.3 is 113 Å². The first-order chi connectivity index (χ1) is 32.7. The van der Waals surface area contributed by atoms with Crippen molar-refractivity contribution in [2.75, 3.05) is 13.7 Å². The minimum Gasteiger partial charge on any atom is -0.469 e. The number of hydrogen-bond acceptors (Lipinski definition) is 24. The minimum absolute atomic E-state index is 0.227. The van der Waals surface area contributed by atoms with Gasteiger partial charge in [-0.05, 0) is 47.0 Å². The second-order valence-corrected chi connectivity index (χ2v) is 19.0. The third kappa shape index (κ3) is 14.9. The Labute approximate surface area is 402 Å². The van der Waals surface area contributed by atoms with Crippen LogP contribution in [0.4, 0.5) is 0 Å². The van der Waals surface area contributed by atoms with Gasteiger partial charge in [0, 0.05) is 6.42 Å². The van der Waals surface area contributed by atoms with Crippen molar-refractivity contribution in [3.8, 4) is 0 Å². The van der Waals surface area contributed by atoms with E-state index in [1.165, 1.54) is 34.8 Å². The lowest BCUT2D eigenvalue weighted by Crippen LogP contribution is -2.68. The average Bonchev–Trinajstić information content (AvgIpc) is 3.32. The SMILES string of the molecule is CCC[C@@H](CCCCCCCCCC(=O)OC)O[C@@H]1O[C@H](C)[C@@H](O)[C@H](O)[C@H]1O[C@@H]1O[C@H](COC2O[C@H](C)[C@@H](O)[C@H](O)[C@H]2O)[C@@H](O)[C@H](O[C@@H]2O[C@H](C)[C@@H](O)[C@H](O)[C@H]2O)[C@H]1O[C@@H]1O[C@@H](C)[C@H](O)[C@@H](O)[C@H]1O. The van der Waals surface area contributed by atoms with Gasteiger partial charge in [0.15, 0.2) is 31.5 Å². The van der Waals surface area contributed by atoms with Crippen LogP contribution in [0, 0.1) is 0 Å². The first kappa shape index (κ1) is 58.5. The maximum atomic E-state index is 12.1. The Hall–Kier alpha value is -1.41. The van der Waals surface area contributed by atoms with Crippen LogP contribution in [0.15, 0.2) is 0 Å². The zero-order chi connectivity index (χ0) is 50.9. The third-order valence-electron chi connectivity index (χ3n) is 13.7. The lowest BCUT2D eigenvalue weighted by atomic mass is 9.95. The summed E-state index contributed by atoms with van der Waals surface area (Å²) in [7, 11) is 1.37. The highest BCUT2D eigenvalue weighted by Gasteiger charge is 2.57. The highest BCUT2D eigenvalue weighted by atomic mass is 16.8. The summed E-state index contributed by atoms with van der Waals surface area (Å²) in [5.41, 5.74) is 0. The van der Waals surface area contributed by atoms with Crippen molar-refractivity contribution in [2.24, 2.45) is 0 Å². The summed E-state index contributed by atoms with van der Waals surface area (Å²) >= 11 is 0. The number of aliphatic hydroxyl groups excluding tert-OH is 12.